The number of nitrogens with zero attached hydrogens (tertiary/aromatic N) is 1. The Kier molecular flexibility index (Phi) is 9.25. The highest BCUT2D eigenvalue weighted by Crippen LogP contribution is 2.28. The maximum Gasteiger partial charge on any atom is 0.305 e. The Bertz CT molecular complexity index is 1430. The van der Waals surface area contributed by atoms with Crippen LogP contribution in [0.25, 0.3) is 11.1 Å². The molecule has 0 bridgehead atoms. The molecular formula is C33H32N2O4. The van der Waals surface area contributed by atoms with Crippen molar-refractivity contribution in [3.63, 3.8) is 0 Å². The van der Waals surface area contributed by atoms with Gasteiger partial charge >= 0.3 is 5.97 Å². The van der Waals surface area contributed by atoms with Crippen LogP contribution in [-0.2, 0) is 17.8 Å². The number of carboxylic acid groups (broad SMARTS) is 1. The summed E-state index contributed by atoms with van der Waals surface area (Å²) in [5.41, 5.74) is 5.37. The van der Waals surface area contributed by atoms with Crippen LogP contribution in [0, 0.1) is 6.92 Å². The monoisotopic (exact) mass is 520 g/mol. The van der Waals surface area contributed by atoms with Gasteiger partial charge in [-0.05, 0) is 47.7 Å². The molecule has 2 N–H and O–H groups in total. The second-order valence-electron chi connectivity index (χ2n) is 9.43. The first-order chi connectivity index (χ1) is 18.9. The van der Waals surface area contributed by atoms with E-state index >= 15 is 0 Å². The van der Waals surface area contributed by atoms with E-state index in [4.69, 9.17) is 0 Å². The number of amides is 2. The van der Waals surface area contributed by atoms with Gasteiger partial charge in [0.25, 0.3) is 11.8 Å². The lowest BCUT2D eigenvalue weighted by Gasteiger charge is -2.24. The van der Waals surface area contributed by atoms with Crippen molar-refractivity contribution >= 4 is 17.8 Å². The molecule has 0 spiro atoms. The Labute approximate surface area is 228 Å². The van der Waals surface area contributed by atoms with Crippen molar-refractivity contribution in [1.82, 2.24) is 10.2 Å². The first kappa shape index (κ1) is 27.3. The van der Waals surface area contributed by atoms with E-state index in [1.807, 2.05) is 85.8 Å². The fourth-order valence-corrected chi connectivity index (χ4v) is 4.43. The summed E-state index contributed by atoms with van der Waals surface area (Å²) in [7, 11) is 0. The molecule has 0 aromatic heterocycles. The third-order valence-corrected chi connectivity index (χ3v) is 6.59. The highest BCUT2D eigenvalue weighted by atomic mass is 16.4. The van der Waals surface area contributed by atoms with Gasteiger partial charge in [0.05, 0.1) is 6.42 Å². The lowest BCUT2D eigenvalue weighted by Crippen LogP contribution is -2.35. The van der Waals surface area contributed by atoms with Gasteiger partial charge in [-0.3, -0.25) is 14.4 Å². The van der Waals surface area contributed by atoms with E-state index in [9.17, 15) is 19.5 Å². The van der Waals surface area contributed by atoms with Crippen LogP contribution in [0.4, 0.5) is 0 Å². The smallest absolute Gasteiger partial charge is 0.305 e. The Morgan fingerprint density at radius 1 is 0.692 bits per heavy atom. The van der Waals surface area contributed by atoms with E-state index < -0.39 is 5.97 Å². The fraction of sp³-hybridized carbons (Fsp3) is 0.182. The molecule has 39 heavy (non-hydrogen) atoms. The van der Waals surface area contributed by atoms with Crippen molar-refractivity contribution in [3.8, 4) is 11.1 Å². The topological polar surface area (TPSA) is 86.7 Å². The largest absolute Gasteiger partial charge is 0.481 e. The second-order valence-corrected chi connectivity index (χ2v) is 9.43. The number of aryl methyl sites for hydroxylation is 1. The number of hydrogen-bond acceptors (Lipinski definition) is 3. The van der Waals surface area contributed by atoms with E-state index in [1.54, 1.807) is 29.2 Å². The van der Waals surface area contributed by atoms with Crippen LogP contribution in [0.2, 0.25) is 0 Å². The third kappa shape index (κ3) is 7.42. The lowest BCUT2D eigenvalue weighted by atomic mass is 9.94. The summed E-state index contributed by atoms with van der Waals surface area (Å²) in [6.45, 7) is 2.87. The number of carbonyl (C=O) groups is 3. The van der Waals surface area contributed by atoms with Gasteiger partial charge in [-0.1, -0.05) is 96.6 Å². The van der Waals surface area contributed by atoms with Gasteiger partial charge in [-0.15, -0.1) is 0 Å². The molecule has 6 heteroatoms. The van der Waals surface area contributed by atoms with Crippen molar-refractivity contribution in [2.24, 2.45) is 0 Å². The van der Waals surface area contributed by atoms with Crippen molar-refractivity contribution in [2.45, 2.75) is 26.3 Å². The number of rotatable bonds is 11. The van der Waals surface area contributed by atoms with Gasteiger partial charge in [0.2, 0.25) is 0 Å². The average molecular weight is 521 g/mol. The zero-order chi connectivity index (χ0) is 27.6. The molecule has 0 aliphatic rings. The van der Waals surface area contributed by atoms with Crippen LogP contribution in [0.15, 0.2) is 103 Å². The Hall–Kier alpha value is -4.71. The Morgan fingerprint density at radius 3 is 1.95 bits per heavy atom. The quantitative estimate of drug-likeness (QED) is 0.264. The molecule has 4 rings (SSSR count). The molecule has 198 valence electrons. The zero-order valence-electron chi connectivity index (χ0n) is 22.0. The van der Waals surface area contributed by atoms with Crippen molar-refractivity contribution in [3.05, 3.63) is 131 Å². The average Bonchev–Trinajstić information content (AvgIpc) is 2.97. The summed E-state index contributed by atoms with van der Waals surface area (Å²) in [5.74, 6) is -1.46. The summed E-state index contributed by atoms with van der Waals surface area (Å²) < 4.78 is 0. The molecule has 2 amide bonds. The van der Waals surface area contributed by atoms with Crippen LogP contribution in [0.3, 0.4) is 0 Å². The lowest BCUT2D eigenvalue weighted by molar-refractivity contribution is -0.137. The van der Waals surface area contributed by atoms with E-state index in [1.165, 1.54) is 0 Å². The number of benzene rings is 4. The van der Waals surface area contributed by atoms with Crippen molar-refractivity contribution in [2.75, 3.05) is 13.1 Å². The van der Waals surface area contributed by atoms with Gasteiger partial charge in [-0.2, -0.15) is 0 Å². The van der Waals surface area contributed by atoms with Crippen LogP contribution in [0.5, 0.6) is 0 Å². The molecule has 0 aliphatic carbocycles. The first-order valence-electron chi connectivity index (χ1n) is 13.0. The van der Waals surface area contributed by atoms with Crippen LogP contribution in [-0.4, -0.2) is 40.9 Å². The molecule has 0 saturated heterocycles. The van der Waals surface area contributed by atoms with Gasteiger partial charge in [0, 0.05) is 30.8 Å². The highest BCUT2D eigenvalue weighted by molar-refractivity contribution is 6.06. The van der Waals surface area contributed by atoms with Crippen molar-refractivity contribution in [1.29, 1.82) is 0 Å². The second kappa shape index (κ2) is 13.2. The molecule has 0 unspecified atom stereocenters. The number of carboxylic acids is 1. The molecule has 4 aromatic rings. The predicted octanol–water partition coefficient (Wildman–Crippen LogP) is 5.75. The van der Waals surface area contributed by atoms with Gasteiger partial charge in [-0.25, -0.2) is 0 Å². The maximum absolute atomic E-state index is 13.9. The molecule has 0 saturated carbocycles. The molecule has 4 aromatic carbocycles. The van der Waals surface area contributed by atoms with Crippen LogP contribution >= 0.6 is 0 Å². The minimum Gasteiger partial charge on any atom is -0.481 e. The molecule has 0 radical (unpaired) electrons. The summed E-state index contributed by atoms with van der Waals surface area (Å²) in [6.07, 6.45) is 0.451. The van der Waals surface area contributed by atoms with Gasteiger partial charge in [0.15, 0.2) is 0 Å². The zero-order valence-corrected chi connectivity index (χ0v) is 22.0. The summed E-state index contributed by atoms with van der Waals surface area (Å²) in [4.78, 5) is 40.0. The minimum atomic E-state index is -0.961. The maximum atomic E-state index is 13.9. The first-order valence-corrected chi connectivity index (χ1v) is 13.0. The number of hydrogen-bond donors (Lipinski definition) is 2. The molecular weight excluding hydrogens is 488 g/mol. The molecule has 6 nitrogen and oxygen atoms in total. The summed E-state index contributed by atoms with van der Waals surface area (Å²) in [5, 5.41) is 12.3. The van der Waals surface area contributed by atoms with E-state index in [0.717, 1.165) is 16.7 Å². The number of aliphatic carboxylic acids is 1. The van der Waals surface area contributed by atoms with Gasteiger partial charge < -0.3 is 15.3 Å². The SMILES string of the molecule is Cc1ccc(CCN(CCC(=O)O)C(=O)c2ccccc2-c2ccccc2C(=O)NCc2ccccc2)cc1. The van der Waals surface area contributed by atoms with E-state index in [2.05, 4.69) is 5.32 Å². The summed E-state index contributed by atoms with van der Waals surface area (Å²) in [6, 6.07) is 32.1. The van der Waals surface area contributed by atoms with Crippen LogP contribution in [0.1, 0.15) is 43.8 Å². The third-order valence-electron chi connectivity index (χ3n) is 6.59. The minimum absolute atomic E-state index is 0.0908. The van der Waals surface area contributed by atoms with Gasteiger partial charge in [0.1, 0.15) is 0 Å². The predicted molar refractivity (Wildman–Crippen MR) is 153 cm³/mol. The Morgan fingerprint density at radius 2 is 1.28 bits per heavy atom. The van der Waals surface area contributed by atoms with Crippen molar-refractivity contribution < 1.29 is 19.5 Å². The number of nitrogens with one attached hydrogen (secondary N) is 1. The van der Waals surface area contributed by atoms with Crippen LogP contribution < -0.4 is 5.32 Å². The van der Waals surface area contributed by atoms with E-state index in [0.29, 0.717) is 41.8 Å². The van der Waals surface area contributed by atoms with E-state index in [-0.39, 0.29) is 24.8 Å². The molecule has 0 aliphatic heterocycles. The fourth-order valence-electron chi connectivity index (χ4n) is 4.43. The summed E-state index contributed by atoms with van der Waals surface area (Å²) >= 11 is 0. The molecule has 0 heterocycles. The highest BCUT2D eigenvalue weighted by Gasteiger charge is 2.22. The normalized spacial score (nSPS) is 10.6. The Balaban J connectivity index is 1.60. The standard InChI is InChI=1S/C33H32N2O4/c1-24-15-17-25(18-16-24)19-21-35(22-20-31(36)37)33(39)30-14-8-6-12-28(30)27-11-5-7-13-29(27)32(38)34-23-26-9-3-2-4-10-26/h2-18H,19-23H2,1H3,(H,34,38)(H,36,37). The molecule has 0 fully saturated rings. The molecule has 0 atom stereocenters. The number of carbonyl (C=O) groups excluding carboxylic acids is 2.